The van der Waals surface area contributed by atoms with E-state index in [-0.39, 0.29) is 4.90 Å². The summed E-state index contributed by atoms with van der Waals surface area (Å²) >= 11 is 0. The summed E-state index contributed by atoms with van der Waals surface area (Å²) in [5.41, 5.74) is 3.58. The molecule has 1 aliphatic rings. The number of aromatic amines is 1. The highest BCUT2D eigenvalue weighted by Crippen LogP contribution is 2.31. The van der Waals surface area contributed by atoms with Crippen LogP contribution in [0.1, 0.15) is 16.8 Å². The van der Waals surface area contributed by atoms with Crippen LogP contribution in [0.15, 0.2) is 47.4 Å². The first-order valence-corrected chi connectivity index (χ1v) is 9.25. The molecule has 0 amide bonds. The van der Waals surface area contributed by atoms with Gasteiger partial charge in [0.15, 0.2) is 0 Å². The van der Waals surface area contributed by atoms with Crippen LogP contribution < -0.4 is 0 Å². The van der Waals surface area contributed by atoms with Gasteiger partial charge >= 0.3 is 0 Å². The van der Waals surface area contributed by atoms with E-state index in [4.69, 9.17) is 0 Å². The lowest BCUT2D eigenvalue weighted by atomic mass is 10.1. The van der Waals surface area contributed by atoms with Crippen LogP contribution in [0.5, 0.6) is 0 Å². The fourth-order valence-electron chi connectivity index (χ4n) is 3.39. The van der Waals surface area contributed by atoms with Gasteiger partial charge in [0.2, 0.25) is 10.0 Å². The highest BCUT2D eigenvalue weighted by atomic mass is 32.2. The van der Waals surface area contributed by atoms with Crippen molar-refractivity contribution in [3.63, 3.8) is 0 Å². The van der Waals surface area contributed by atoms with Crippen molar-refractivity contribution in [2.45, 2.75) is 24.8 Å². The van der Waals surface area contributed by atoms with Gasteiger partial charge in [-0.25, -0.2) is 12.8 Å². The number of rotatable bonds is 2. The quantitative estimate of drug-likeness (QED) is 0.775. The third-order valence-electron chi connectivity index (χ3n) is 4.60. The zero-order chi connectivity index (χ0) is 16.9. The first kappa shape index (κ1) is 15.4. The first-order chi connectivity index (χ1) is 11.5. The molecule has 0 fully saturated rings. The van der Waals surface area contributed by atoms with Crippen LogP contribution in [-0.4, -0.2) is 24.3 Å². The Hall–Kier alpha value is -2.18. The molecule has 1 aromatic heterocycles. The molecule has 1 aliphatic heterocycles. The maximum Gasteiger partial charge on any atom is 0.243 e. The van der Waals surface area contributed by atoms with E-state index in [9.17, 15) is 12.8 Å². The Morgan fingerprint density at radius 1 is 1.17 bits per heavy atom. The number of fused-ring (bicyclic) bond motifs is 3. The van der Waals surface area contributed by atoms with Crippen molar-refractivity contribution >= 4 is 20.9 Å². The Morgan fingerprint density at radius 2 is 1.96 bits per heavy atom. The lowest BCUT2D eigenvalue weighted by Gasteiger charge is -2.27. The Bertz CT molecular complexity index is 1040. The largest absolute Gasteiger partial charge is 0.358 e. The smallest absolute Gasteiger partial charge is 0.243 e. The van der Waals surface area contributed by atoms with Gasteiger partial charge in [0, 0.05) is 36.1 Å². The second-order valence-corrected chi connectivity index (χ2v) is 8.03. The van der Waals surface area contributed by atoms with E-state index in [1.165, 1.54) is 22.5 Å². The molecule has 6 heteroatoms. The minimum Gasteiger partial charge on any atom is -0.358 e. The molecule has 0 aliphatic carbocycles. The summed E-state index contributed by atoms with van der Waals surface area (Å²) in [5.74, 6) is -0.427. The number of aromatic nitrogens is 1. The lowest BCUT2D eigenvalue weighted by molar-refractivity contribution is 0.391. The van der Waals surface area contributed by atoms with Gasteiger partial charge in [0.1, 0.15) is 5.82 Å². The Labute approximate surface area is 140 Å². The van der Waals surface area contributed by atoms with Crippen LogP contribution in [0, 0.1) is 12.7 Å². The summed E-state index contributed by atoms with van der Waals surface area (Å²) in [7, 11) is -3.65. The van der Waals surface area contributed by atoms with Crippen LogP contribution in [0.25, 0.3) is 10.9 Å². The zero-order valence-corrected chi connectivity index (χ0v) is 14.0. The topological polar surface area (TPSA) is 53.2 Å². The maximum atomic E-state index is 13.3. The van der Waals surface area contributed by atoms with Crippen molar-refractivity contribution < 1.29 is 12.8 Å². The van der Waals surface area contributed by atoms with Crippen LogP contribution in [0.2, 0.25) is 0 Å². The molecule has 0 radical (unpaired) electrons. The molecule has 0 bridgehead atoms. The highest BCUT2D eigenvalue weighted by Gasteiger charge is 2.31. The van der Waals surface area contributed by atoms with E-state index < -0.39 is 15.8 Å². The van der Waals surface area contributed by atoms with E-state index in [2.05, 4.69) is 4.98 Å². The molecule has 3 aromatic rings. The summed E-state index contributed by atoms with van der Waals surface area (Å²) in [5, 5.41) is 1.06. The minimum absolute atomic E-state index is 0.173. The number of nitrogens with one attached hydrogen (secondary N) is 1. The number of nitrogens with zero attached hydrogens (tertiary/aromatic N) is 1. The molecule has 0 atom stereocenters. The second-order valence-electron chi connectivity index (χ2n) is 6.13. The van der Waals surface area contributed by atoms with Crippen LogP contribution in [0.3, 0.4) is 0 Å². The number of benzene rings is 2. The van der Waals surface area contributed by atoms with Crippen LogP contribution >= 0.6 is 0 Å². The third kappa shape index (κ3) is 2.34. The van der Waals surface area contributed by atoms with E-state index in [1.54, 1.807) is 6.92 Å². The number of sulfonamides is 1. The monoisotopic (exact) mass is 344 g/mol. The summed E-state index contributed by atoms with van der Waals surface area (Å²) < 4.78 is 40.7. The normalized spacial score (nSPS) is 15.6. The summed E-state index contributed by atoms with van der Waals surface area (Å²) in [6.07, 6.45) is 0.642. The minimum atomic E-state index is -3.65. The number of hydrogen-bond acceptors (Lipinski definition) is 2. The molecule has 0 unspecified atom stereocenters. The fourth-order valence-corrected chi connectivity index (χ4v) is 5.00. The molecular weight excluding hydrogens is 327 g/mol. The van der Waals surface area contributed by atoms with Gasteiger partial charge < -0.3 is 4.98 Å². The van der Waals surface area contributed by atoms with Gasteiger partial charge in [-0.2, -0.15) is 4.31 Å². The molecule has 0 saturated carbocycles. The maximum absolute atomic E-state index is 13.3. The Balaban J connectivity index is 1.76. The van der Waals surface area contributed by atoms with Crippen molar-refractivity contribution in [1.82, 2.24) is 9.29 Å². The fraction of sp³-hybridized carbons (Fsp3) is 0.222. The van der Waals surface area contributed by atoms with Gasteiger partial charge in [0.25, 0.3) is 0 Å². The molecule has 2 heterocycles. The number of para-hydroxylation sites is 1. The molecule has 124 valence electrons. The molecular formula is C18H17FN2O2S. The highest BCUT2D eigenvalue weighted by molar-refractivity contribution is 7.89. The number of halogens is 1. The molecule has 0 spiro atoms. The zero-order valence-electron chi connectivity index (χ0n) is 13.2. The van der Waals surface area contributed by atoms with E-state index in [0.717, 1.165) is 22.2 Å². The summed E-state index contributed by atoms with van der Waals surface area (Å²) in [6, 6.07) is 11.7. The molecule has 0 saturated heterocycles. The predicted octanol–water partition coefficient (Wildman–Crippen LogP) is 3.36. The Morgan fingerprint density at radius 3 is 2.75 bits per heavy atom. The van der Waals surface area contributed by atoms with E-state index in [1.807, 2.05) is 24.3 Å². The van der Waals surface area contributed by atoms with Gasteiger partial charge in [-0.3, -0.25) is 0 Å². The predicted molar refractivity (Wildman–Crippen MR) is 90.7 cm³/mol. The van der Waals surface area contributed by atoms with Crippen LogP contribution in [-0.2, 0) is 23.0 Å². The average Bonchev–Trinajstić information content (AvgIpc) is 2.92. The number of hydrogen-bond donors (Lipinski definition) is 1. The van der Waals surface area contributed by atoms with Crippen molar-refractivity contribution in [3.05, 3.63) is 65.1 Å². The van der Waals surface area contributed by atoms with Crippen molar-refractivity contribution in [1.29, 1.82) is 0 Å². The molecule has 4 nitrogen and oxygen atoms in total. The summed E-state index contributed by atoms with van der Waals surface area (Å²) in [6.45, 7) is 2.37. The van der Waals surface area contributed by atoms with E-state index in [0.29, 0.717) is 25.1 Å². The summed E-state index contributed by atoms with van der Waals surface area (Å²) in [4.78, 5) is 3.55. The standard InChI is InChI=1S/C18H17FN2O2S/c1-12-10-13(19)6-7-18(12)24(22,23)21-9-8-17-15(11-21)14-4-2-3-5-16(14)20-17/h2-7,10,20H,8-9,11H2,1H3. The van der Waals surface area contributed by atoms with Gasteiger partial charge in [-0.1, -0.05) is 18.2 Å². The molecule has 4 rings (SSSR count). The van der Waals surface area contributed by atoms with Crippen LogP contribution in [0.4, 0.5) is 4.39 Å². The lowest BCUT2D eigenvalue weighted by Crippen LogP contribution is -2.36. The first-order valence-electron chi connectivity index (χ1n) is 7.81. The average molecular weight is 344 g/mol. The van der Waals surface area contributed by atoms with Crippen molar-refractivity contribution in [3.8, 4) is 0 Å². The number of aryl methyl sites for hydroxylation is 1. The Kier molecular flexibility index (Phi) is 3.47. The van der Waals surface area contributed by atoms with Crippen molar-refractivity contribution in [2.75, 3.05) is 6.54 Å². The molecule has 24 heavy (non-hydrogen) atoms. The second kappa shape index (κ2) is 5.43. The van der Waals surface area contributed by atoms with Gasteiger partial charge in [-0.15, -0.1) is 0 Å². The van der Waals surface area contributed by atoms with E-state index >= 15 is 0 Å². The van der Waals surface area contributed by atoms with Crippen molar-refractivity contribution in [2.24, 2.45) is 0 Å². The SMILES string of the molecule is Cc1cc(F)ccc1S(=O)(=O)N1CCc2[nH]c3ccccc3c2C1. The van der Waals surface area contributed by atoms with Gasteiger partial charge in [-0.05, 0) is 42.3 Å². The molecule has 2 aromatic carbocycles. The molecule has 1 N–H and O–H groups in total. The van der Waals surface area contributed by atoms with Gasteiger partial charge in [0.05, 0.1) is 4.90 Å². The third-order valence-corrected chi connectivity index (χ3v) is 6.61. The number of H-pyrrole nitrogens is 1.